The van der Waals surface area contributed by atoms with Gasteiger partial charge in [-0.05, 0) is 35.9 Å². The molecule has 0 aliphatic carbocycles. The van der Waals surface area contributed by atoms with Crippen molar-refractivity contribution in [1.29, 1.82) is 5.26 Å². The lowest BCUT2D eigenvalue weighted by Crippen LogP contribution is -2.35. The van der Waals surface area contributed by atoms with E-state index in [1.807, 2.05) is 36.4 Å². The summed E-state index contributed by atoms with van der Waals surface area (Å²) >= 11 is 12.3. The first-order valence-electron chi connectivity index (χ1n) is 9.01. The molecule has 5 nitrogen and oxygen atoms in total. The number of halogens is 2. The van der Waals surface area contributed by atoms with Crippen LogP contribution in [0.4, 0.5) is 0 Å². The van der Waals surface area contributed by atoms with Crippen molar-refractivity contribution in [2.75, 3.05) is 6.61 Å². The molecule has 3 aromatic carbocycles. The highest BCUT2D eigenvalue weighted by atomic mass is 35.5. The third kappa shape index (κ3) is 5.90. The van der Waals surface area contributed by atoms with E-state index in [2.05, 4.69) is 0 Å². The maximum absolute atomic E-state index is 12.7. The Kier molecular flexibility index (Phi) is 7.56. The molecule has 3 rings (SSSR count). The van der Waals surface area contributed by atoms with Crippen molar-refractivity contribution in [3.8, 4) is 17.6 Å². The number of hydrogen-bond acceptors (Lipinski definition) is 5. The largest absolute Gasteiger partial charge is 0.488 e. The van der Waals surface area contributed by atoms with Gasteiger partial charge >= 0.3 is 5.97 Å². The summed E-state index contributed by atoms with van der Waals surface area (Å²) < 4.78 is 16.8. The quantitative estimate of drug-likeness (QED) is 0.435. The fraction of sp³-hybridized carbons (Fsp3) is 0.130. The minimum Gasteiger partial charge on any atom is -0.488 e. The standard InChI is InChI=1S/C23H17Cl2NO4/c24-18-8-4-5-9-21(18)30-22(23(27)29-14-16-6-2-1-3-7-16)15-28-20-11-10-17(13-26)12-19(20)25/h1-12,22H,14-15H2. The van der Waals surface area contributed by atoms with Crippen LogP contribution in [0.25, 0.3) is 0 Å². The van der Waals surface area contributed by atoms with Crippen LogP contribution >= 0.6 is 23.2 Å². The molecular weight excluding hydrogens is 425 g/mol. The van der Waals surface area contributed by atoms with E-state index >= 15 is 0 Å². The molecular formula is C23H17Cl2NO4. The molecule has 0 bridgehead atoms. The Bertz CT molecular complexity index is 1050. The van der Waals surface area contributed by atoms with Crippen LogP contribution in [-0.4, -0.2) is 18.7 Å². The molecule has 7 heteroatoms. The van der Waals surface area contributed by atoms with Crippen LogP contribution in [0.5, 0.6) is 11.5 Å². The van der Waals surface area contributed by atoms with Crippen molar-refractivity contribution in [3.05, 3.63) is 94.0 Å². The van der Waals surface area contributed by atoms with Crippen molar-refractivity contribution in [2.24, 2.45) is 0 Å². The Morgan fingerprint density at radius 1 is 0.933 bits per heavy atom. The van der Waals surface area contributed by atoms with Gasteiger partial charge in [-0.25, -0.2) is 4.79 Å². The first kappa shape index (κ1) is 21.5. The predicted octanol–water partition coefficient (Wildman–Crippen LogP) is 5.43. The Labute approximate surface area is 184 Å². The van der Waals surface area contributed by atoms with E-state index in [4.69, 9.17) is 42.7 Å². The molecule has 0 aliphatic heterocycles. The van der Waals surface area contributed by atoms with Gasteiger partial charge in [0.15, 0.2) is 0 Å². The molecule has 0 amide bonds. The van der Waals surface area contributed by atoms with Crippen molar-refractivity contribution in [1.82, 2.24) is 0 Å². The third-order valence-electron chi connectivity index (χ3n) is 4.04. The molecule has 30 heavy (non-hydrogen) atoms. The van der Waals surface area contributed by atoms with Crippen molar-refractivity contribution >= 4 is 29.2 Å². The SMILES string of the molecule is N#Cc1ccc(OCC(Oc2ccccc2Cl)C(=O)OCc2ccccc2)c(Cl)c1. The van der Waals surface area contributed by atoms with Gasteiger partial charge in [-0.15, -0.1) is 0 Å². The normalized spacial score (nSPS) is 11.2. The fourth-order valence-corrected chi connectivity index (χ4v) is 2.93. The Morgan fingerprint density at radius 2 is 1.67 bits per heavy atom. The van der Waals surface area contributed by atoms with Gasteiger partial charge < -0.3 is 14.2 Å². The van der Waals surface area contributed by atoms with Gasteiger partial charge in [-0.3, -0.25) is 0 Å². The minimum atomic E-state index is -1.08. The first-order chi connectivity index (χ1) is 14.6. The average molecular weight is 442 g/mol. The van der Waals surface area contributed by atoms with Gasteiger partial charge in [0.1, 0.15) is 24.7 Å². The summed E-state index contributed by atoms with van der Waals surface area (Å²) in [7, 11) is 0. The molecule has 1 atom stereocenters. The van der Waals surface area contributed by atoms with E-state index in [1.165, 1.54) is 6.07 Å². The molecule has 0 spiro atoms. The zero-order chi connectivity index (χ0) is 21.3. The summed E-state index contributed by atoms with van der Waals surface area (Å²) in [5.74, 6) is 0.0400. The van der Waals surface area contributed by atoms with Crippen molar-refractivity contribution in [3.63, 3.8) is 0 Å². The predicted molar refractivity (Wildman–Crippen MR) is 114 cm³/mol. The number of nitriles is 1. The molecule has 0 aromatic heterocycles. The number of rotatable bonds is 8. The summed E-state index contributed by atoms with van der Waals surface area (Å²) in [6.45, 7) is -0.0653. The number of carbonyl (C=O) groups is 1. The number of para-hydroxylation sites is 1. The van der Waals surface area contributed by atoms with E-state index in [1.54, 1.807) is 36.4 Å². The van der Waals surface area contributed by atoms with Crippen LogP contribution in [0.1, 0.15) is 11.1 Å². The zero-order valence-electron chi connectivity index (χ0n) is 15.8. The second-order valence-electron chi connectivity index (χ2n) is 6.20. The van der Waals surface area contributed by atoms with Gasteiger partial charge in [0.25, 0.3) is 0 Å². The number of carbonyl (C=O) groups excluding carboxylic acids is 1. The molecule has 0 heterocycles. The molecule has 152 valence electrons. The highest BCUT2D eigenvalue weighted by molar-refractivity contribution is 6.32. The van der Waals surface area contributed by atoms with Crippen molar-refractivity contribution < 1.29 is 19.0 Å². The summed E-state index contributed by atoms with van der Waals surface area (Å²) in [6.07, 6.45) is -1.08. The first-order valence-corrected chi connectivity index (χ1v) is 9.76. The Balaban J connectivity index is 1.72. The second kappa shape index (κ2) is 10.5. The van der Waals surface area contributed by atoms with E-state index in [0.29, 0.717) is 22.1 Å². The second-order valence-corrected chi connectivity index (χ2v) is 7.01. The average Bonchev–Trinajstić information content (AvgIpc) is 2.77. The number of nitrogens with zero attached hydrogens (tertiary/aromatic N) is 1. The van der Waals surface area contributed by atoms with E-state index in [-0.39, 0.29) is 18.2 Å². The number of ether oxygens (including phenoxy) is 3. The van der Waals surface area contributed by atoms with E-state index in [0.717, 1.165) is 5.56 Å². The maximum atomic E-state index is 12.7. The minimum absolute atomic E-state index is 0.0969. The van der Waals surface area contributed by atoms with Gasteiger partial charge in [-0.2, -0.15) is 5.26 Å². The Hall–Kier alpha value is -3.20. The fourth-order valence-electron chi connectivity index (χ4n) is 2.52. The smallest absolute Gasteiger partial charge is 0.351 e. The molecule has 0 aliphatic rings. The number of hydrogen-bond donors (Lipinski definition) is 0. The van der Waals surface area contributed by atoms with E-state index < -0.39 is 12.1 Å². The molecule has 0 N–H and O–H groups in total. The summed E-state index contributed by atoms with van der Waals surface area (Å²) in [6, 6.07) is 22.7. The van der Waals surface area contributed by atoms with Crippen LogP contribution in [0.3, 0.4) is 0 Å². The number of esters is 1. The summed E-state index contributed by atoms with van der Waals surface area (Å²) in [5.41, 5.74) is 1.25. The van der Waals surface area contributed by atoms with Crippen LogP contribution in [-0.2, 0) is 16.1 Å². The van der Waals surface area contributed by atoms with Crippen LogP contribution in [0.2, 0.25) is 10.0 Å². The molecule has 0 radical (unpaired) electrons. The van der Waals surface area contributed by atoms with Crippen LogP contribution in [0.15, 0.2) is 72.8 Å². The van der Waals surface area contributed by atoms with Gasteiger partial charge in [0.05, 0.1) is 21.7 Å². The lowest BCUT2D eigenvalue weighted by Gasteiger charge is -2.19. The molecule has 0 fully saturated rings. The van der Waals surface area contributed by atoms with Crippen molar-refractivity contribution in [2.45, 2.75) is 12.7 Å². The zero-order valence-corrected chi connectivity index (χ0v) is 17.3. The third-order valence-corrected chi connectivity index (χ3v) is 4.65. The lowest BCUT2D eigenvalue weighted by molar-refractivity contribution is -0.154. The van der Waals surface area contributed by atoms with Crippen LogP contribution < -0.4 is 9.47 Å². The molecule has 3 aromatic rings. The van der Waals surface area contributed by atoms with Gasteiger partial charge in [0.2, 0.25) is 6.10 Å². The Morgan fingerprint density at radius 3 is 2.37 bits per heavy atom. The van der Waals surface area contributed by atoms with E-state index in [9.17, 15) is 4.79 Å². The van der Waals surface area contributed by atoms with Gasteiger partial charge in [-0.1, -0.05) is 65.7 Å². The lowest BCUT2D eigenvalue weighted by atomic mass is 10.2. The van der Waals surface area contributed by atoms with Crippen LogP contribution in [0, 0.1) is 11.3 Å². The highest BCUT2D eigenvalue weighted by Gasteiger charge is 2.25. The van der Waals surface area contributed by atoms with Gasteiger partial charge in [0, 0.05) is 0 Å². The monoisotopic (exact) mass is 441 g/mol. The highest BCUT2D eigenvalue weighted by Crippen LogP contribution is 2.27. The summed E-state index contributed by atoms with van der Waals surface area (Å²) in [5, 5.41) is 9.55. The molecule has 0 saturated heterocycles. The number of benzene rings is 3. The molecule has 0 saturated carbocycles. The molecule has 1 unspecified atom stereocenters. The summed E-state index contributed by atoms with van der Waals surface area (Å²) in [4.78, 5) is 12.7. The topological polar surface area (TPSA) is 68.5 Å². The maximum Gasteiger partial charge on any atom is 0.351 e.